The van der Waals surface area contributed by atoms with Gasteiger partial charge in [0.05, 0.1) is 10.8 Å². The minimum atomic E-state index is -0.158. The summed E-state index contributed by atoms with van der Waals surface area (Å²) >= 11 is 19.2. The van der Waals surface area contributed by atoms with Gasteiger partial charge in [-0.15, -0.1) is 10.2 Å². The monoisotopic (exact) mass is 470 g/mol. The van der Waals surface area contributed by atoms with Crippen molar-refractivity contribution in [3.63, 3.8) is 0 Å². The molecule has 0 aliphatic carbocycles. The van der Waals surface area contributed by atoms with Crippen molar-refractivity contribution in [3.8, 4) is 5.75 Å². The number of benzene rings is 2. The van der Waals surface area contributed by atoms with Crippen molar-refractivity contribution in [1.82, 2.24) is 14.8 Å². The molecule has 1 N–H and O–H groups in total. The summed E-state index contributed by atoms with van der Waals surface area (Å²) in [5, 5.41) is 13.2. The maximum Gasteiger partial charge on any atom is 0.234 e. The second kappa shape index (κ2) is 9.71. The molecule has 0 aliphatic heterocycles. The van der Waals surface area contributed by atoms with Crippen molar-refractivity contribution < 1.29 is 9.53 Å². The zero-order valence-electron chi connectivity index (χ0n) is 15.6. The fourth-order valence-corrected chi connectivity index (χ4v) is 3.74. The number of rotatable bonds is 7. The molecule has 0 saturated heterocycles. The number of anilines is 1. The zero-order chi connectivity index (χ0) is 21.0. The molecule has 2 aromatic carbocycles. The number of carbonyl (C=O) groups is 1. The van der Waals surface area contributed by atoms with Gasteiger partial charge in [0.25, 0.3) is 0 Å². The highest BCUT2D eigenvalue weighted by Crippen LogP contribution is 2.28. The first-order valence-electron chi connectivity index (χ1n) is 8.48. The minimum absolute atomic E-state index is 0.158. The van der Waals surface area contributed by atoms with E-state index in [9.17, 15) is 4.79 Å². The average molecular weight is 472 g/mol. The predicted molar refractivity (Wildman–Crippen MR) is 117 cm³/mol. The van der Waals surface area contributed by atoms with E-state index in [2.05, 4.69) is 15.5 Å². The van der Waals surface area contributed by atoms with E-state index in [1.54, 1.807) is 34.9 Å². The van der Waals surface area contributed by atoms with E-state index in [-0.39, 0.29) is 18.3 Å². The topological polar surface area (TPSA) is 69.0 Å². The van der Waals surface area contributed by atoms with Crippen molar-refractivity contribution in [1.29, 1.82) is 0 Å². The van der Waals surface area contributed by atoms with Crippen LogP contribution in [0.5, 0.6) is 5.75 Å². The van der Waals surface area contributed by atoms with Crippen molar-refractivity contribution >= 4 is 58.2 Å². The lowest BCUT2D eigenvalue weighted by Gasteiger charge is -2.09. The van der Waals surface area contributed by atoms with Crippen molar-refractivity contribution in [2.45, 2.75) is 18.7 Å². The Morgan fingerprint density at radius 2 is 1.86 bits per heavy atom. The van der Waals surface area contributed by atoms with E-state index in [1.165, 1.54) is 11.8 Å². The largest absolute Gasteiger partial charge is 0.484 e. The van der Waals surface area contributed by atoms with E-state index in [0.29, 0.717) is 37.5 Å². The van der Waals surface area contributed by atoms with Gasteiger partial charge < -0.3 is 14.6 Å². The van der Waals surface area contributed by atoms with Crippen molar-refractivity contribution in [2.75, 3.05) is 11.1 Å². The van der Waals surface area contributed by atoms with Crippen LogP contribution in [0.3, 0.4) is 0 Å². The number of carbonyl (C=O) groups excluding carboxylic acids is 1. The Labute approximate surface area is 187 Å². The molecule has 1 heterocycles. The van der Waals surface area contributed by atoms with Gasteiger partial charge in [0.1, 0.15) is 12.4 Å². The van der Waals surface area contributed by atoms with E-state index in [1.807, 2.05) is 20.0 Å². The molecule has 3 aromatic rings. The molecule has 1 amide bonds. The lowest BCUT2D eigenvalue weighted by Crippen LogP contribution is -2.15. The van der Waals surface area contributed by atoms with Crippen LogP contribution in [0, 0.1) is 6.92 Å². The third kappa shape index (κ3) is 5.79. The number of aromatic nitrogens is 3. The second-order valence-corrected chi connectivity index (χ2v) is 8.34. The van der Waals surface area contributed by atoms with Gasteiger partial charge in [0, 0.05) is 22.8 Å². The Morgan fingerprint density at radius 3 is 2.62 bits per heavy atom. The second-order valence-electron chi connectivity index (χ2n) is 6.12. The number of thioether (sulfide) groups is 1. The first-order chi connectivity index (χ1) is 13.8. The summed E-state index contributed by atoms with van der Waals surface area (Å²) < 4.78 is 7.46. The van der Waals surface area contributed by atoms with Crippen molar-refractivity contribution in [3.05, 3.63) is 62.9 Å². The van der Waals surface area contributed by atoms with E-state index in [4.69, 9.17) is 39.5 Å². The van der Waals surface area contributed by atoms with Crippen LogP contribution >= 0.6 is 46.6 Å². The van der Waals surface area contributed by atoms with Crippen LogP contribution in [0.4, 0.5) is 5.69 Å². The van der Waals surface area contributed by atoms with E-state index in [0.717, 1.165) is 5.56 Å². The number of ether oxygens (including phenoxy) is 1. The summed E-state index contributed by atoms with van der Waals surface area (Å²) in [5.74, 6) is 1.13. The Morgan fingerprint density at radius 1 is 1.14 bits per heavy atom. The molecule has 1 aromatic heterocycles. The number of nitrogens with zero attached hydrogens (tertiary/aromatic N) is 3. The lowest BCUT2D eigenvalue weighted by atomic mass is 10.2. The molecule has 0 atom stereocenters. The highest BCUT2D eigenvalue weighted by Gasteiger charge is 2.13. The molecule has 0 spiro atoms. The first-order valence-corrected chi connectivity index (χ1v) is 10.6. The number of hydrogen-bond acceptors (Lipinski definition) is 5. The fraction of sp³-hybridized carbons (Fsp3) is 0.211. The molecule has 0 aliphatic rings. The summed E-state index contributed by atoms with van der Waals surface area (Å²) in [4.78, 5) is 12.3. The number of nitrogens with one attached hydrogen (secondary N) is 1. The predicted octanol–water partition coefficient (Wildman–Crippen LogP) is 5.39. The van der Waals surface area contributed by atoms with Crippen LogP contribution in [0.15, 0.2) is 41.6 Å². The Bertz CT molecular complexity index is 1040. The van der Waals surface area contributed by atoms with Gasteiger partial charge in [0.15, 0.2) is 11.0 Å². The summed E-state index contributed by atoms with van der Waals surface area (Å²) in [5.41, 5.74) is 1.63. The third-order valence-corrected chi connectivity index (χ3v) is 5.77. The molecule has 0 fully saturated rings. The summed E-state index contributed by atoms with van der Waals surface area (Å²) in [6.07, 6.45) is 0. The number of aryl methyl sites for hydroxylation is 1. The Kier molecular flexibility index (Phi) is 7.29. The molecule has 0 radical (unpaired) electrons. The van der Waals surface area contributed by atoms with Crippen LogP contribution < -0.4 is 10.1 Å². The van der Waals surface area contributed by atoms with E-state index < -0.39 is 0 Å². The SMILES string of the molecule is Cc1ccc(Cl)cc1NC(=O)CSc1nnc(COc2ccc(Cl)cc2Cl)n1C. The van der Waals surface area contributed by atoms with Gasteiger partial charge in [-0.3, -0.25) is 4.79 Å². The summed E-state index contributed by atoms with van der Waals surface area (Å²) in [6, 6.07) is 10.4. The maximum atomic E-state index is 12.3. The molecule has 152 valence electrons. The normalized spacial score (nSPS) is 10.8. The first kappa shape index (κ1) is 21.8. The van der Waals surface area contributed by atoms with Crippen LogP contribution in [0.25, 0.3) is 0 Å². The Balaban J connectivity index is 1.56. The molecule has 0 saturated carbocycles. The highest BCUT2D eigenvalue weighted by molar-refractivity contribution is 7.99. The maximum absolute atomic E-state index is 12.3. The van der Waals surface area contributed by atoms with Gasteiger partial charge in [-0.05, 0) is 42.8 Å². The molecule has 0 bridgehead atoms. The molecule has 29 heavy (non-hydrogen) atoms. The molecular formula is C19H17Cl3N4O2S. The zero-order valence-corrected chi connectivity index (χ0v) is 18.7. The smallest absolute Gasteiger partial charge is 0.234 e. The van der Waals surface area contributed by atoms with Crippen LogP contribution in [0.2, 0.25) is 15.1 Å². The Hall–Kier alpha value is -1.93. The summed E-state index contributed by atoms with van der Waals surface area (Å²) in [6.45, 7) is 2.08. The van der Waals surface area contributed by atoms with Crippen LogP contribution in [-0.4, -0.2) is 26.4 Å². The van der Waals surface area contributed by atoms with Gasteiger partial charge in [0.2, 0.25) is 5.91 Å². The van der Waals surface area contributed by atoms with Gasteiger partial charge >= 0.3 is 0 Å². The van der Waals surface area contributed by atoms with Crippen molar-refractivity contribution in [2.24, 2.45) is 7.05 Å². The fourth-order valence-electron chi connectivity index (χ4n) is 2.38. The molecule has 10 heteroatoms. The van der Waals surface area contributed by atoms with E-state index >= 15 is 0 Å². The number of hydrogen-bond donors (Lipinski definition) is 1. The van der Waals surface area contributed by atoms with Crippen LogP contribution in [-0.2, 0) is 18.4 Å². The van der Waals surface area contributed by atoms with Crippen LogP contribution in [0.1, 0.15) is 11.4 Å². The average Bonchev–Trinajstić information content (AvgIpc) is 3.02. The molecule has 6 nitrogen and oxygen atoms in total. The molecule has 3 rings (SSSR count). The van der Waals surface area contributed by atoms with Gasteiger partial charge in [-0.1, -0.05) is 52.6 Å². The number of amides is 1. The minimum Gasteiger partial charge on any atom is -0.484 e. The molecule has 0 unspecified atom stereocenters. The standard InChI is InChI=1S/C19H17Cl3N4O2S/c1-11-3-4-13(21)8-15(11)23-18(27)10-29-19-25-24-17(26(19)2)9-28-16-6-5-12(20)7-14(16)22/h3-8H,9-10H2,1-2H3,(H,23,27). The quantitative estimate of drug-likeness (QED) is 0.468. The van der Waals surface area contributed by atoms with Gasteiger partial charge in [-0.25, -0.2) is 0 Å². The van der Waals surface area contributed by atoms with Gasteiger partial charge in [-0.2, -0.15) is 0 Å². The molecular weight excluding hydrogens is 455 g/mol. The lowest BCUT2D eigenvalue weighted by molar-refractivity contribution is -0.113. The summed E-state index contributed by atoms with van der Waals surface area (Å²) in [7, 11) is 1.81. The highest BCUT2D eigenvalue weighted by atomic mass is 35.5. The number of halogens is 3. The third-order valence-electron chi connectivity index (χ3n) is 3.98.